The number of aromatic amines is 1. The number of H-pyrrole nitrogens is 1. The zero-order valence-electron chi connectivity index (χ0n) is 11.1. The number of carboxylic acid groups (broad SMARTS) is 1. The van der Waals surface area contributed by atoms with Crippen LogP contribution in [-0.2, 0) is 10.0 Å². The Bertz CT molecular complexity index is 550. The van der Waals surface area contributed by atoms with E-state index in [-0.39, 0.29) is 17.1 Å². The van der Waals surface area contributed by atoms with Gasteiger partial charge in [0.15, 0.2) is 5.69 Å². The van der Waals surface area contributed by atoms with Crippen LogP contribution in [0.15, 0.2) is 4.90 Å². The van der Waals surface area contributed by atoms with Crippen molar-refractivity contribution in [2.45, 2.75) is 18.2 Å². The molecule has 0 fully saturated rings. The number of rotatable bonds is 7. The van der Waals surface area contributed by atoms with Gasteiger partial charge in [-0.2, -0.15) is 5.10 Å². The van der Waals surface area contributed by atoms with Crippen molar-refractivity contribution in [2.75, 3.05) is 27.2 Å². The van der Waals surface area contributed by atoms with E-state index in [1.807, 2.05) is 19.0 Å². The third-order valence-electron chi connectivity index (χ3n) is 2.44. The molecule has 1 rings (SSSR count). The summed E-state index contributed by atoms with van der Waals surface area (Å²) in [5.41, 5.74) is -0.282. The van der Waals surface area contributed by atoms with Gasteiger partial charge < -0.3 is 10.0 Å². The summed E-state index contributed by atoms with van der Waals surface area (Å²) in [4.78, 5) is 12.5. The lowest BCUT2D eigenvalue weighted by Gasteiger charge is -2.10. The summed E-state index contributed by atoms with van der Waals surface area (Å²) < 4.78 is 26.4. The highest BCUT2D eigenvalue weighted by molar-refractivity contribution is 7.89. The highest BCUT2D eigenvalue weighted by Gasteiger charge is 2.27. The average Bonchev–Trinajstić information content (AvgIpc) is 2.67. The molecule has 9 heteroatoms. The summed E-state index contributed by atoms with van der Waals surface area (Å²) in [5, 5.41) is 14.8. The van der Waals surface area contributed by atoms with Gasteiger partial charge in [0.25, 0.3) is 0 Å². The quantitative estimate of drug-likeness (QED) is 0.591. The molecule has 0 aliphatic rings. The Balaban J connectivity index is 2.83. The zero-order chi connectivity index (χ0) is 14.6. The van der Waals surface area contributed by atoms with Crippen LogP contribution >= 0.6 is 0 Å². The summed E-state index contributed by atoms with van der Waals surface area (Å²) in [6.07, 6.45) is 0.630. The molecule has 0 aliphatic heterocycles. The molecule has 1 aromatic rings. The molecule has 0 aliphatic carbocycles. The molecule has 0 bridgehead atoms. The first-order valence-electron chi connectivity index (χ1n) is 5.68. The lowest BCUT2D eigenvalue weighted by Crippen LogP contribution is -2.28. The maximum absolute atomic E-state index is 12.0. The first-order valence-corrected chi connectivity index (χ1v) is 7.16. The van der Waals surface area contributed by atoms with E-state index in [0.29, 0.717) is 6.42 Å². The number of aromatic carboxylic acids is 1. The Morgan fingerprint density at radius 1 is 1.47 bits per heavy atom. The van der Waals surface area contributed by atoms with Crippen LogP contribution < -0.4 is 4.72 Å². The van der Waals surface area contributed by atoms with Gasteiger partial charge in [-0.25, -0.2) is 17.9 Å². The van der Waals surface area contributed by atoms with Crippen molar-refractivity contribution in [3.8, 4) is 0 Å². The van der Waals surface area contributed by atoms with Crippen molar-refractivity contribution in [2.24, 2.45) is 0 Å². The molecular formula is C10H18N4O4S. The number of nitrogens with zero attached hydrogens (tertiary/aromatic N) is 2. The van der Waals surface area contributed by atoms with Gasteiger partial charge >= 0.3 is 5.97 Å². The number of carboxylic acids is 1. The van der Waals surface area contributed by atoms with E-state index in [1.54, 1.807) is 0 Å². The van der Waals surface area contributed by atoms with Crippen molar-refractivity contribution in [3.05, 3.63) is 11.4 Å². The third kappa shape index (κ3) is 4.01. The summed E-state index contributed by atoms with van der Waals surface area (Å²) >= 11 is 0. The molecule has 1 aromatic heterocycles. The Morgan fingerprint density at radius 2 is 2.11 bits per heavy atom. The maximum Gasteiger partial charge on any atom is 0.357 e. The van der Waals surface area contributed by atoms with E-state index in [2.05, 4.69) is 14.9 Å². The Labute approximate surface area is 111 Å². The van der Waals surface area contributed by atoms with Crippen LogP contribution in [0.25, 0.3) is 0 Å². The van der Waals surface area contributed by atoms with E-state index in [9.17, 15) is 13.2 Å². The van der Waals surface area contributed by atoms with Crippen LogP contribution in [0.5, 0.6) is 0 Å². The van der Waals surface area contributed by atoms with Crippen LogP contribution in [0.2, 0.25) is 0 Å². The molecular weight excluding hydrogens is 272 g/mol. The maximum atomic E-state index is 12.0. The SMILES string of the molecule is Cc1[nH]nc(C(=O)O)c1S(=O)(=O)NCCCN(C)C. The van der Waals surface area contributed by atoms with Gasteiger partial charge in [-0.15, -0.1) is 0 Å². The van der Waals surface area contributed by atoms with Crippen molar-refractivity contribution >= 4 is 16.0 Å². The first kappa shape index (κ1) is 15.6. The largest absolute Gasteiger partial charge is 0.476 e. The zero-order valence-corrected chi connectivity index (χ0v) is 11.9. The molecule has 1 heterocycles. The predicted molar refractivity (Wildman–Crippen MR) is 68.6 cm³/mol. The number of hydrogen-bond donors (Lipinski definition) is 3. The summed E-state index contributed by atoms with van der Waals surface area (Å²) in [6, 6.07) is 0. The molecule has 0 spiro atoms. The number of nitrogens with one attached hydrogen (secondary N) is 2. The van der Waals surface area contributed by atoms with E-state index < -0.39 is 21.7 Å². The fourth-order valence-corrected chi connectivity index (χ4v) is 2.96. The smallest absolute Gasteiger partial charge is 0.357 e. The molecule has 0 saturated heterocycles. The molecule has 0 aromatic carbocycles. The Hall–Kier alpha value is -1.45. The van der Waals surface area contributed by atoms with Crippen LogP contribution in [0.4, 0.5) is 0 Å². The van der Waals surface area contributed by atoms with Crippen molar-refractivity contribution in [3.63, 3.8) is 0 Å². The second-order valence-corrected chi connectivity index (χ2v) is 6.09. The molecule has 0 saturated carbocycles. The van der Waals surface area contributed by atoms with Crippen LogP contribution in [0.1, 0.15) is 22.6 Å². The molecule has 0 amide bonds. The van der Waals surface area contributed by atoms with Gasteiger partial charge in [0.05, 0.1) is 5.69 Å². The lowest BCUT2D eigenvalue weighted by atomic mass is 10.4. The van der Waals surface area contributed by atoms with Crippen LogP contribution in [0.3, 0.4) is 0 Å². The van der Waals surface area contributed by atoms with E-state index in [1.165, 1.54) is 6.92 Å². The molecule has 108 valence electrons. The number of sulfonamides is 1. The van der Waals surface area contributed by atoms with Crippen molar-refractivity contribution < 1.29 is 18.3 Å². The minimum Gasteiger partial charge on any atom is -0.476 e. The normalized spacial score (nSPS) is 12.0. The monoisotopic (exact) mass is 290 g/mol. The number of hydrogen-bond acceptors (Lipinski definition) is 5. The van der Waals surface area contributed by atoms with Crippen molar-refractivity contribution in [1.82, 2.24) is 19.8 Å². The fraction of sp³-hybridized carbons (Fsp3) is 0.600. The number of aryl methyl sites for hydroxylation is 1. The predicted octanol–water partition coefficient (Wildman–Crippen LogP) is -0.354. The van der Waals surface area contributed by atoms with E-state index in [0.717, 1.165) is 6.54 Å². The lowest BCUT2D eigenvalue weighted by molar-refractivity contribution is 0.0686. The second-order valence-electron chi connectivity index (χ2n) is 4.39. The van der Waals surface area contributed by atoms with Gasteiger partial charge in [0, 0.05) is 6.54 Å². The standard InChI is InChI=1S/C10H18N4O4S/c1-7-9(8(10(15)16)13-12-7)19(17,18)11-5-4-6-14(2)3/h11H,4-6H2,1-3H3,(H,12,13)(H,15,16). The van der Waals surface area contributed by atoms with Crippen LogP contribution in [0, 0.1) is 6.92 Å². The topological polar surface area (TPSA) is 115 Å². The average molecular weight is 290 g/mol. The Morgan fingerprint density at radius 3 is 2.63 bits per heavy atom. The van der Waals surface area contributed by atoms with Crippen molar-refractivity contribution in [1.29, 1.82) is 0 Å². The molecule has 0 radical (unpaired) electrons. The Kier molecular flexibility index (Phi) is 5.04. The van der Waals surface area contributed by atoms with E-state index in [4.69, 9.17) is 5.11 Å². The summed E-state index contributed by atoms with van der Waals surface area (Å²) in [5.74, 6) is -1.38. The highest BCUT2D eigenvalue weighted by atomic mass is 32.2. The minimum atomic E-state index is -3.86. The highest BCUT2D eigenvalue weighted by Crippen LogP contribution is 2.17. The summed E-state index contributed by atoms with van der Waals surface area (Å²) in [7, 11) is -0.0920. The molecule has 0 unspecified atom stereocenters. The summed E-state index contributed by atoms with van der Waals surface area (Å²) in [6.45, 7) is 2.44. The molecule has 19 heavy (non-hydrogen) atoms. The van der Waals surface area contributed by atoms with Gasteiger partial charge in [-0.05, 0) is 34.0 Å². The first-order chi connectivity index (χ1) is 8.75. The van der Waals surface area contributed by atoms with Gasteiger partial charge in [0.2, 0.25) is 10.0 Å². The molecule has 8 nitrogen and oxygen atoms in total. The number of carbonyl (C=O) groups is 1. The molecule has 3 N–H and O–H groups in total. The van der Waals surface area contributed by atoms with Crippen LogP contribution in [-0.4, -0.2) is 61.8 Å². The van der Waals surface area contributed by atoms with Gasteiger partial charge in [0.1, 0.15) is 4.90 Å². The van der Waals surface area contributed by atoms with E-state index >= 15 is 0 Å². The number of aromatic nitrogens is 2. The second kappa shape index (κ2) is 6.13. The fourth-order valence-electron chi connectivity index (χ4n) is 1.57. The molecule has 0 atom stereocenters. The third-order valence-corrected chi connectivity index (χ3v) is 4.06. The minimum absolute atomic E-state index is 0.206. The van der Waals surface area contributed by atoms with Gasteiger partial charge in [-0.3, -0.25) is 5.10 Å². The van der Waals surface area contributed by atoms with Gasteiger partial charge in [-0.1, -0.05) is 0 Å².